The maximum absolute atomic E-state index is 12.5. The standard InChI is InChI=1S/C17H25ClN2O/c1-12-7-8-15(18)14(10-12)17(2,3)19-16(21)13-6-5-9-20(4)11-13/h7-8,10,13H,5-6,9,11H2,1-4H3,(H,19,21)/t13-/m0/s1. The lowest BCUT2D eigenvalue weighted by Crippen LogP contribution is -2.48. The van der Waals surface area contributed by atoms with Gasteiger partial charge < -0.3 is 10.2 Å². The molecule has 1 aromatic carbocycles. The number of amides is 1. The van der Waals surface area contributed by atoms with Gasteiger partial charge in [-0.15, -0.1) is 0 Å². The molecule has 1 fully saturated rings. The van der Waals surface area contributed by atoms with Crippen LogP contribution < -0.4 is 5.32 Å². The van der Waals surface area contributed by atoms with E-state index in [1.54, 1.807) is 0 Å². The molecule has 1 amide bonds. The largest absolute Gasteiger partial charge is 0.347 e. The molecular formula is C17H25ClN2O. The van der Waals surface area contributed by atoms with Crippen molar-refractivity contribution in [3.05, 3.63) is 34.3 Å². The normalized spacial score (nSPS) is 20.3. The topological polar surface area (TPSA) is 32.3 Å². The third kappa shape index (κ3) is 3.98. The number of likely N-dealkylation sites (tertiary alicyclic amines) is 1. The summed E-state index contributed by atoms with van der Waals surface area (Å²) in [6, 6.07) is 5.93. The van der Waals surface area contributed by atoms with Crippen LogP contribution in [0.2, 0.25) is 5.02 Å². The molecule has 1 aromatic rings. The molecule has 116 valence electrons. The summed E-state index contributed by atoms with van der Waals surface area (Å²) in [5, 5.41) is 3.88. The average molecular weight is 309 g/mol. The lowest BCUT2D eigenvalue weighted by atomic mass is 9.90. The molecule has 1 atom stereocenters. The van der Waals surface area contributed by atoms with Gasteiger partial charge >= 0.3 is 0 Å². The molecule has 0 radical (unpaired) electrons. The first-order valence-corrected chi connectivity index (χ1v) is 7.94. The highest BCUT2D eigenvalue weighted by Gasteiger charge is 2.30. The van der Waals surface area contributed by atoms with Crippen LogP contribution in [0, 0.1) is 12.8 Å². The van der Waals surface area contributed by atoms with Gasteiger partial charge in [-0.3, -0.25) is 4.79 Å². The van der Waals surface area contributed by atoms with Gasteiger partial charge in [0.15, 0.2) is 0 Å². The maximum atomic E-state index is 12.5. The highest BCUT2D eigenvalue weighted by molar-refractivity contribution is 6.31. The Morgan fingerprint density at radius 3 is 2.81 bits per heavy atom. The fraction of sp³-hybridized carbons (Fsp3) is 0.588. The summed E-state index contributed by atoms with van der Waals surface area (Å²) in [7, 11) is 2.07. The summed E-state index contributed by atoms with van der Waals surface area (Å²) in [5.74, 6) is 0.204. The molecule has 0 saturated carbocycles. The van der Waals surface area contributed by atoms with Crippen LogP contribution in [0.15, 0.2) is 18.2 Å². The number of halogens is 1. The summed E-state index contributed by atoms with van der Waals surface area (Å²) in [6.45, 7) is 7.98. The average Bonchev–Trinajstić information content (AvgIpc) is 2.41. The van der Waals surface area contributed by atoms with Crippen LogP contribution in [-0.4, -0.2) is 30.9 Å². The molecule has 0 unspecified atom stereocenters. The predicted octanol–water partition coefficient (Wildman–Crippen LogP) is 3.34. The Balaban J connectivity index is 2.12. The monoisotopic (exact) mass is 308 g/mol. The molecule has 1 aliphatic heterocycles. The van der Waals surface area contributed by atoms with E-state index in [0.717, 1.165) is 37.1 Å². The molecule has 0 spiro atoms. The minimum Gasteiger partial charge on any atom is -0.347 e. The lowest BCUT2D eigenvalue weighted by Gasteiger charge is -2.33. The number of hydrogen-bond acceptors (Lipinski definition) is 2. The van der Waals surface area contributed by atoms with Gasteiger partial charge in [0.1, 0.15) is 0 Å². The van der Waals surface area contributed by atoms with Crippen LogP contribution in [0.25, 0.3) is 0 Å². The molecule has 1 heterocycles. The fourth-order valence-electron chi connectivity index (χ4n) is 2.98. The predicted molar refractivity (Wildman–Crippen MR) is 87.6 cm³/mol. The van der Waals surface area contributed by atoms with E-state index in [0.29, 0.717) is 5.02 Å². The van der Waals surface area contributed by atoms with Crippen molar-refractivity contribution in [1.82, 2.24) is 10.2 Å². The van der Waals surface area contributed by atoms with E-state index in [1.807, 2.05) is 32.9 Å². The van der Waals surface area contributed by atoms with Gasteiger partial charge in [0, 0.05) is 11.6 Å². The zero-order valence-corrected chi connectivity index (χ0v) is 14.1. The lowest BCUT2D eigenvalue weighted by molar-refractivity contribution is -0.128. The Kier molecular flexibility index (Phi) is 4.95. The van der Waals surface area contributed by atoms with Crippen LogP contribution in [0.5, 0.6) is 0 Å². The summed E-state index contributed by atoms with van der Waals surface area (Å²) in [6.07, 6.45) is 2.05. The molecule has 2 rings (SSSR count). The van der Waals surface area contributed by atoms with Crippen LogP contribution in [0.3, 0.4) is 0 Å². The third-order valence-corrected chi connectivity index (χ3v) is 4.56. The summed E-state index contributed by atoms with van der Waals surface area (Å²) in [5.41, 5.74) is 1.66. The third-order valence-electron chi connectivity index (χ3n) is 4.23. The van der Waals surface area contributed by atoms with Crippen molar-refractivity contribution < 1.29 is 4.79 Å². The Bertz CT molecular complexity index is 528. The zero-order valence-electron chi connectivity index (χ0n) is 13.4. The Morgan fingerprint density at radius 2 is 2.14 bits per heavy atom. The van der Waals surface area contributed by atoms with Gasteiger partial charge in [0.25, 0.3) is 0 Å². The molecule has 1 aliphatic rings. The van der Waals surface area contributed by atoms with E-state index >= 15 is 0 Å². The van der Waals surface area contributed by atoms with Crippen molar-refractivity contribution >= 4 is 17.5 Å². The Morgan fingerprint density at radius 1 is 1.43 bits per heavy atom. The van der Waals surface area contributed by atoms with E-state index in [1.165, 1.54) is 0 Å². The maximum Gasteiger partial charge on any atom is 0.225 e. The number of carbonyl (C=O) groups excluding carboxylic acids is 1. The van der Waals surface area contributed by atoms with E-state index < -0.39 is 5.54 Å². The number of rotatable bonds is 3. The number of nitrogens with one attached hydrogen (secondary N) is 1. The minimum absolute atomic E-state index is 0.0756. The van der Waals surface area contributed by atoms with Gasteiger partial charge in [-0.2, -0.15) is 0 Å². The van der Waals surface area contributed by atoms with Crippen LogP contribution >= 0.6 is 11.6 Å². The molecule has 0 bridgehead atoms. The van der Waals surface area contributed by atoms with E-state index in [2.05, 4.69) is 23.3 Å². The minimum atomic E-state index is -0.462. The van der Waals surface area contributed by atoms with Crippen LogP contribution in [0.1, 0.15) is 37.8 Å². The molecule has 1 saturated heterocycles. The number of nitrogens with zero attached hydrogens (tertiary/aromatic N) is 1. The van der Waals surface area contributed by atoms with Crippen molar-refractivity contribution in [3.8, 4) is 0 Å². The second-order valence-corrected chi connectivity index (χ2v) is 7.11. The fourth-order valence-corrected chi connectivity index (χ4v) is 3.33. The van der Waals surface area contributed by atoms with E-state index in [4.69, 9.17) is 11.6 Å². The van der Waals surface area contributed by atoms with E-state index in [-0.39, 0.29) is 11.8 Å². The van der Waals surface area contributed by atoms with Crippen molar-refractivity contribution in [2.24, 2.45) is 5.92 Å². The molecule has 1 N–H and O–H groups in total. The number of carbonyl (C=O) groups is 1. The van der Waals surface area contributed by atoms with Gasteiger partial charge in [0.05, 0.1) is 11.5 Å². The molecule has 0 aromatic heterocycles. The summed E-state index contributed by atoms with van der Waals surface area (Å²) >= 11 is 6.31. The second-order valence-electron chi connectivity index (χ2n) is 6.70. The van der Waals surface area contributed by atoms with Crippen molar-refractivity contribution in [2.45, 2.75) is 39.2 Å². The smallest absolute Gasteiger partial charge is 0.225 e. The van der Waals surface area contributed by atoms with Crippen LogP contribution in [0.4, 0.5) is 0 Å². The summed E-state index contributed by atoms with van der Waals surface area (Å²) in [4.78, 5) is 14.8. The molecule has 4 heteroatoms. The van der Waals surface area contributed by atoms with E-state index in [9.17, 15) is 4.79 Å². The highest BCUT2D eigenvalue weighted by atomic mass is 35.5. The van der Waals surface area contributed by atoms with Crippen molar-refractivity contribution in [1.29, 1.82) is 0 Å². The Labute approximate surface area is 132 Å². The van der Waals surface area contributed by atoms with Crippen molar-refractivity contribution in [3.63, 3.8) is 0 Å². The first-order valence-electron chi connectivity index (χ1n) is 7.57. The quantitative estimate of drug-likeness (QED) is 0.929. The van der Waals surface area contributed by atoms with Gasteiger partial charge in [-0.1, -0.05) is 29.3 Å². The highest BCUT2D eigenvalue weighted by Crippen LogP contribution is 2.29. The SMILES string of the molecule is Cc1ccc(Cl)c(C(C)(C)NC(=O)[C@H]2CCCN(C)C2)c1. The molecule has 21 heavy (non-hydrogen) atoms. The molecule has 3 nitrogen and oxygen atoms in total. The number of benzene rings is 1. The number of aryl methyl sites for hydroxylation is 1. The van der Waals surface area contributed by atoms with Gasteiger partial charge in [0.2, 0.25) is 5.91 Å². The second kappa shape index (κ2) is 6.37. The number of hydrogen-bond donors (Lipinski definition) is 1. The molecule has 0 aliphatic carbocycles. The first-order chi connectivity index (χ1) is 9.79. The van der Waals surface area contributed by atoms with Gasteiger partial charge in [-0.25, -0.2) is 0 Å². The molecular weight excluding hydrogens is 284 g/mol. The summed E-state index contributed by atoms with van der Waals surface area (Å²) < 4.78 is 0. The van der Waals surface area contributed by atoms with Crippen LogP contribution in [-0.2, 0) is 10.3 Å². The zero-order chi connectivity index (χ0) is 15.6. The van der Waals surface area contributed by atoms with Crippen molar-refractivity contribution in [2.75, 3.05) is 20.1 Å². The number of piperidine rings is 1. The Hall–Kier alpha value is -1.06. The first kappa shape index (κ1) is 16.3. The van der Waals surface area contributed by atoms with Gasteiger partial charge in [-0.05, 0) is 58.8 Å².